The van der Waals surface area contributed by atoms with Crippen molar-refractivity contribution in [3.05, 3.63) is 18.9 Å². The van der Waals surface area contributed by atoms with Crippen LogP contribution in [-0.4, -0.2) is 0 Å². The Bertz CT molecular complexity index is 271. The molecule has 1 aromatic heterocycles. The molecule has 0 radical (unpaired) electrons. The Morgan fingerprint density at radius 1 is 1.27 bits per heavy atom. The first-order valence-corrected chi connectivity index (χ1v) is 6.17. The summed E-state index contributed by atoms with van der Waals surface area (Å²) in [6.45, 7) is 5.85. The average Bonchev–Trinajstić information content (AvgIpc) is 2.71. The Hall–Kier alpha value is -0.790. The van der Waals surface area contributed by atoms with Crippen LogP contribution in [0.3, 0.4) is 0 Å². The maximum Gasteiger partial charge on any atom is 0.334 e. The van der Waals surface area contributed by atoms with E-state index in [1.54, 1.807) is 6.26 Å². The van der Waals surface area contributed by atoms with Crippen molar-refractivity contribution < 1.29 is 8.98 Å². The molecule has 0 amide bonds. The van der Waals surface area contributed by atoms with Crippen LogP contribution in [0.4, 0.5) is 0 Å². The first-order chi connectivity index (χ1) is 7.25. The summed E-state index contributed by atoms with van der Waals surface area (Å²) in [5.74, 6) is 2.70. The zero-order valence-corrected chi connectivity index (χ0v) is 9.86. The molecule has 0 aromatic carbocycles. The van der Waals surface area contributed by atoms with Crippen molar-refractivity contribution in [1.82, 2.24) is 0 Å². The lowest BCUT2D eigenvalue weighted by Crippen LogP contribution is -2.36. The number of hydrogen-bond acceptors (Lipinski definition) is 1. The Balaban J connectivity index is 1.79. The van der Waals surface area contributed by atoms with Crippen molar-refractivity contribution >= 4 is 0 Å². The molecule has 0 aliphatic heterocycles. The van der Waals surface area contributed by atoms with Gasteiger partial charge in [-0.1, -0.05) is 13.8 Å². The van der Waals surface area contributed by atoms with Gasteiger partial charge in [-0.25, -0.2) is 0 Å². The first kappa shape index (κ1) is 10.7. The van der Waals surface area contributed by atoms with E-state index in [0.717, 1.165) is 24.3 Å². The normalized spacial score (nSPS) is 27.1. The first-order valence-electron chi connectivity index (χ1n) is 6.17. The molecule has 0 N–H and O–H groups in total. The van der Waals surface area contributed by atoms with E-state index >= 15 is 0 Å². The Labute approximate surface area is 92.3 Å². The van der Waals surface area contributed by atoms with Gasteiger partial charge in [-0.15, -0.1) is 0 Å². The second kappa shape index (κ2) is 4.82. The smallest absolute Gasteiger partial charge is 0.334 e. The number of rotatable bonds is 3. The van der Waals surface area contributed by atoms with E-state index in [-0.39, 0.29) is 0 Å². The van der Waals surface area contributed by atoms with Gasteiger partial charge in [0.2, 0.25) is 6.20 Å². The lowest BCUT2D eigenvalue weighted by molar-refractivity contribution is -0.706. The average molecular weight is 208 g/mol. The van der Waals surface area contributed by atoms with Crippen molar-refractivity contribution in [1.29, 1.82) is 0 Å². The summed E-state index contributed by atoms with van der Waals surface area (Å²) in [7, 11) is 0. The van der Waals surface area contributed by atoms with E-state index in [9.17, 15) is 0 Å². The summed E-state index contributed by atoms with van der Waals surface area (Å²) in [4.78, 5) is 0. The summed E-state index contributed by atoms with van der Waals surface area (Å²) in [6.07, 6.45) is 11.2. The molecule has 1 fully saturated rings. The van der Waals surface area contributed by atoms with Gasteiger partial charge < -0.3 is 4.42 Å². The van der Waals surface area contributed by atoms with Crippen LogP contribution in [0.5, 0.6) is 0 Å². The van der Waals surface area contributed by atoms with E-state index < -0.39 is 0 Å². The zero-order valence-electron chi connectivity index (χ0n) is 9.86. The second-order valence-corrected chi connectivity index (χ2v) is 5.25. The molecule has 0 spiro atoms. The molecule has 15 heavy (non-hydrogen) atoms. The summed E-state index contributed by atoms with van der Waals surface area (Å²) >= 11 is 0. The van der Waals surface area contributed by atoms with Gasteiger partial charge in [-0.05, 0) is 37.5 Å². The molecular weight excluding hydrogens is 186 g/mol. The highest BCUT2D eigenvalue weighted by molar-refractivity contribution is 4.72. The van der Waals surface area contributed by atoms with Crippen LogP contribution in [-0.2, 0) is 6.54 Å². The third-order valence-corrected chi connectivity index (χ3v) is 3.83. The highest BCUT2D eigenvalue weighted by Crippen LogP contribution is 2.33. The fourth-order valence-corrected chi connectivity index (χ4v) is 2.70. The Kier molecular flexibility index (Phi) is 3.45. The van der Waals surface area contributed by atoms with Gasteiger partial charge in [0.25, 0.3) is 0 Å². The van der Waals surface area contributed by atoms with Crippen LogP contribution in [0.1, 0.15) is 39.5 Å². The van der Waals surface area contributed by atoms with Crippen LogP contribution in [0.2, 0.25) is 0 Å². The van der Waals surface area contributed by atoms with Gasteiger partial charge in [0.15, 0.2) is 12.8 Å². The molecular formula is C13H22NO+. The summed E-state index contributed by atoms with van der Waals surface area (Å²) in [5.41, 5.74) is 0. The predicted molar refractivity (Wildman–Crippen MR) is 59.2 cm³/mol. The minimum absolute atomic E-state index is 0.864. The zero-order chi connectivity index (χ0) is 10.7. The number of aromatic nitrogens is 1. The van der Waals surface area contributed by atoms with Crippen LogP contribution < -0.4 is 4.57 Å². The minimum atomic E-state index is 0.864. The number of hydrogen-bond donors (Lipinski definition) is 0. The van der Waals surface area contributed by atoms with Gasteiger partial charge >= 0.3 is 6.39 Å². The van der Waals surface area contributed by atoms with Crippen molar-refractivity contribution in [3.8, 4) is 0 Å². The Morgan fingerprint density at radius 3 is 2.53 bits per heavy atom. The van der Waals surface area contributed by atoms with Crippen LogP contribution >= 0.6 is 0 Å². The molecule has 1 heterocycles. The van der Waals surface area contributed by atoms with Crippen molar-refractivity contribution in [3.63, 3.8) is 0 Å². The topological polar surface area (TPSA) is 17.0 Å². The van der Waals surface area contributed by atoms with E-state index in [2.05, 4.69) is 18.4 Å². The number of oxazole rings is 1. The Morgan fingerprint density at radius 2 is 2.00 bits per heavy atom. The molecule has 0 atom stereocenters. The molecule has 1 saturated carbocycles. The molecule has 84 valence electrons. The third-order valence-electron chi connectivity index (χ3n) is 3.83. The molecule has 1 aromatic rings. The standard InChI is InChI=1S/C13H22NO/c1-11(2)13-5-3-12(4-6-13)9-14-7-8-15-10-14/h7-8,10-13H,3-6,9H2,1-2H3/q+1. The quantitative estimate of drug-likeness (QED) is 0.698. The molecule has 1 aliphatic carbocycles. The van der Waals surface area contributed by atoms with Crippen LogP contribution in [0.25, 0.3) is 0 Å². The minimum Gasteiger partial charge on any atom is -0.412 e. The van der Waals surface area contributed by atoms with Gasteiger partial charge in [-0.3, -0.25) is 0 Å². The fourth-order valence-electron chi connectivity index (χ4n) is 2.70. The molecule has 2 rings (SSSR count). The van der Waals surface area contributed by atoms with E-state index in [4.69, 9.17) is 4.42 Å². The monoisotopic (exact) mass is 208 g/mol. The number of nitrogens with zero attached hydrogens (tertiary/aromatic N) is 1. The maximum absolute atomic E-state index is 5.08. The van der Waals surface area contributed by atoms with E-state index in [0.29, 0.717) is 0 Å². The molecule has 2 heteroatoms. The third kappa shape index (κ3) is 2.83. The van der Waals surface area contributed by atoms with Gasteiger partial charge in [0.05, 0.1) is 0 Å². The maximum atomic E-state index is 5.08. The van der Waals surface area contributed by atoms with Crippen molar-refractivity contribution in [2.75, 3.05) is 0 Å². The van der Waals surface area contributed by atoms with Gasteiger partial charge in [0.1, 0.15) is 0 Å². The van der Waals surface area contributed by atoms with Gasteiger partial charge in [0, 0.05) is 5.92 Å². The largest absolute Gasteiger partial charge is 0.412 e. The molecule has 0 bridgehead atoms. The highest BCUT2D eigenvalue weighted by Gasteiger charge is 2.25. The van der Waals surface area contributed by atoms with Gasteiger partial charge in [-0.2, -0.15) is 4.57 Å². The molecule has 1 aliphatic rings. The lowest BCUT2D eigenvalue weighted by Gasteiger charge is -2.29. The van der Waals surface area contributed by atoms with Crippen molar-refractivity contribution in [2.24, 2.45) is 17.8 Å². The van der Waals surface area contributed by atoms with Crippen molar-refractivity contribution in [2.45, 2.75) is 46.1 Å². The summed E-state index contributed by atoms with van der Waals surface area (Å²) in [5, 5.41) is 0. The summed E-state index contributed by atoms with van der Waals surface area (Å²) in [6, 6.07) is 0. The van der Waals surface area contributed by atoms with Crippen LogP contribution in [0.15, 0.2) is 23.3 Å². The lowest BCUT2D eigenvalue weighted by atomic mass is 9.77. The highest BCUT2D eigenvalue weighted by atomic mass is 16.3. The SMILES string of the molecule is CC(C)C1CCC(C[n+]2ccoc2)CC1. The predicted octanol–water partition coefficient (Wildman–Crippen LogP) is 3.03. The fraction of sp³-hybridized carbons (Fsp3) is 0.769. The van der Waals surface area contributed by atoms with Crippen LogP contribution in [0, 0.1) is 17.8 Å². The summed E-state index contributed by atoms with van der Waals surface area (Å²) < 4.78 is 7.25. The molecule has 2 nitrogen and oxygen atoms in total. The van der Waals surface area contributed by atoms with E-state index in [1.807, 2.05) is 12.6 Å². The van der Waals surface area contributed by atoms with E-state index in [1.165, 1.54) is 25.7 Å². The second-order valence-electron chi connectivity index (χ2n) is 5.25. The molecule has 0 saturated heterocycles. The molecule has 0 unspecified atom stereocenters.